The van der Waals surface area contributed by atoms with Gasteiger partial charge in [0.2, 0.25) is 5.91 Å². The number of amides is 1. The number of aliphatic hydroxyl groups excluding tert-OH is 1. The van der Waals surface area contributed by atoms with Crippen LogP contribution in [0.15, 0.2) is 54.6 Å². The number of para-hydroxylation sites is 1. The molecule has 0 aliphatic heterocycles. The highest BCUT2D eigenvalue weighted by Gasteiger charge is 2.16. The Morgan fingerprint density at radius 2 is 1.77 bits per heavy atom. The molecule has 1 aromatic heterocycles. The Labute approximate surface area is 153 Å². The fraction of sp³-hybridized carbons (Fsp3) is 0.238. The van der Waals surface area contributed by atoms with Crippen LogP contribution in [0.25, 0.3) is 5.69 Å². The summed E-state index contributed by atoms with van der Waals surface area (Å²) in [5, 5.41) is 16.5. The maximum Gasteiger partial charge on any atom is 0.228 e. The second-order valence-corrected chi connectivity index (χ2v) is 6.29. The van der Waals surface area contributed by atoms with Gasteiger partial charge in [-0.05, 0) is 50.1 Å². The molecule has 0 radical (unpaired) electrons. The lowest BCUT2D eigenvalue weighted by atomic mass is 10.1. The number of nitrogens with zero attached hydrogens (tertiary/aromatic N) is 2. The second-order valence-electron chi connectivity index (χ2n) is 6.29. The van der Waals surface area contributed by atoms with E-state index in [0.717, 1.165) is 33.9 Å². The molecule has 3 rings (SSSR count). The normalized spacial score (nSPS) is 10.7. The number of hydrogen-bond donors (Lipinski definition) is 2. The summed E-state index contributed by atoms with van der Waals surface area (Å²) in [5.74, 6) is -0.0706. The molecule has 5 nitrogen and oxygen atoms in total. The molecule has 134 valence electrons. The third-order valence-corrected chi connectivity index (χ3v) is 4.42. The van der Waals surface area contributed by atoms with Crippen LogP contribution in [0.5, 0.6) is 0 Å². The standard InChI is InChI=1S/C21H23N3O2/c1-15-20(16(2)24(23-15)19-6-4-3-5-7-19)14-21(26)22-18-10-8-17(9-11-18)12-13-25/h3-11,25H,12-14H2,1-2H3,(H,22,26). The first-order valence-electron chi connectivity index (χ1n) is 8.68. The van der Waals surface area contributed by atoms with Crippen molar-refractivity contribution in [1.29, 1.82) is 0 Å². The van der Waals surface area contributed by atoms with E-state index in [0.29, 0.717) is 6.42 Å². The molecule has 0 unspecified atom stereocenters. The van der Waals surface area contributed by atoms with Gasteiger partial charge in [-0.15, -0.1) is 0 Å². The van der Waals surface area contributed by atoms with Crippen LogP contribution in [0, 0.1) is 13.8 Å². The SMILES string of the molecule is Cc1nn(-c2ccccc2)c(C)c1CC(=O)Nc1ccc(CCO)cc1. The van der Waals surface area contributed by atoms with Crippen molar-refractivity contribution in [3.63, 3.8) is 0 Å². The highest BCUT2D eigenvalue weighted by Crippen LogP contribution is 2.19. The first-order chi connectivity index (χ1) is 12.6. The van der Waals surface area contributed by atoms with Crippen LogP contribution in [0.3, 0.4) is 0 Å². The monoisotopic (exact) mass is 349 g/mol. The van der Waals surface area contributed by atoms with Gasteiger partial charge in [-0.2, -0.15) is 5.10 Å². The van der Waals surface area contributed by atoms with Crippen molar-refractivity contribution in [1.82, 2.24) is 9.78 Å². The number of benzene rings is 2. The summed E-state index contributed by atoms with van der Waals surface area (Å²) in [4.78, 5) is 12.5. The molecule has 0 saturated carbocycles. The molecule has 2 N–H and O–H groups in total. The number of hydrogen-bond acceptors (Lipinski definition) is 3. The molecule has 26 heavy (non-hydrogen) atoms. The van der Waals surface area contributed by atoms with E-state index in [2.05, 4.69) is 10.4 Å². The molecule has 5 heteroatoms. The lowest BCUT2D eigenvalue weighted by Gasteiger charge is -2.07. The lowest BCUT2D eigenvalue weighted by molar-refractivity contribution is -0.115. The van der Waals surface area contributed by atoms with Crippen molar-refractivity contribution >= 4 is 11.6 Å². The van der Waals surface area contributed by atoms with Crippen LogP contribution in [-0.4, -0.2) is 27.4 Å². The van der Waals surface area contributed by atoms with Crippen LogP contribution in [0.1, 0.15) is 22.5 Å². The third kappa shape index (κ3) is 4.00. The molecule has 1 heterocycles. The smallest absolute Gasteiger partial charge is 0.228 e. The molecular formula is C21H23N3O2. The molecular weight excluding hydrogens is 326 g/mol. The summed E-state index contributed by atoms with van der Waals surface area (Å²) >= 11 is 0. The minimum atomic E-state index is -0.0706. The Bertz CT molecular complexity index is 884. The van der Waals surface area contributed by atoms with E-state index >= 15 is 0 Å². The molecule has 0 spiro atoms. The summed E-state index contributed by atoms with van der Waals surface area (Å²) < 4.78 is 1.88. The van der Waals surface area contributed by atoms with Gasteiger partial charge in [0.25, 0.3) is 0 Å². The summed E-state index contributed by atoms with van der Waals surface area (Å²) in [6, 6.07) is 17.4. The Morgan fingerprint density at radius 1 is 1.08 bits per heavy atom. The quantitative estimate of drug-likeness (QED) is 0.718. The lowest BCUT2D eigenvalue weighted by Crippen LogP contribution is -2.15. The van der Waals surface area contributed by atoms with Crippen LogP contribution < -0.4 is 5.32 Å². The zero-order valence-corrected chi connectivity index (χ0v) is 15.1. The van der Waals surface area contributed by atoms with E-state index in [4.69, 9.17) is 5.11 Å². The molecule has 0 saturated heterocycles. The largest absolute Gasteiger partial charge is 0.396 e. The Balaban J connectivity index is 1.72. The predicted molar refractivity (Wildman–Crippen MR) is 103 cm³/mol. The van der Waals surface area contributed by atoms with Crippen LogP contribution in [0.4, 0.5) is 5.69 Å². The van der Waals surface area contributed by atoms with Crippen molar-refractivity contribution in [3.05, 3.63) is 77.1 Å². The molecule has 1 amide bonds. The van der Waals surface area contributed by atoms with E-state index in [1.165, 1.54) is 0 Å². The number of rotatable bonds is 6. The van der Waals surface area contributed by atoms with Crippen LogP contribution in [-0.2, 0) is 17.6 Å². The van der Waals surface area contributed by atoms with Gasteiger partial charge < -0.3 is 10.4 Å². The molecule has 2 aromatic carbocycles. The number of carbonyl (C=O) groups is 1. The number of nitrogens with one attached hydrogen (secondary N) is 1. The Kier molecular flexibility index (Phi) is 5.49. The van der Waals surface area contributed by atoms with E-state index in [1.54, 1.807) is 0 Å². The topological polar surface area (TPSA) is 67.2 Å². The molecule has 0 aliphatic rings. The van der Waals surface area contributed by atoms with Crippen molar-refractivity contribution in [3.8, 4) is 5.69 Å². The highest BCUT2D eigenvalue weighted by molar-refractivity contribution is 5.92. The number of carbonyl (C=O) groups excluding carboxylic acids is 1. The molecule has 0 bridgehead atoms. The van der Waals surface area contributed by atoms with Gasteiger partial charge in [-0.25, -0.2) is 4.68 Å². The van der Waals surface area contributed by atoms with Gasteiger partial charge in [-0.3, -0.25) is 4.79 Å². The number of aromatic nitrogens is 2. The first kappa shape index (κ1) is 17.9. The molecule has 3 aromatic rings. The minimum Gasteiger partial charge on any atom is -0.396 e. The van der Waals surface area contributed by atoms with Crippen molar-refractivity contribution in [2.75, 3.05) is 11.9 Å². The van der Waals surface area contributed by atoms with Crippen molar-refractivity contribution < 1.29 is 9.90 Å². The zero-order chi connectivity index (χ0) is 18.5. The van der Waals surface area contributed by atoms with Gasteiger partial charge in [0.15, 0.2) is 0 Å². The maximum absolute atomic E-state index is 12.5. The number of aliphatic hydroxyl groups is 1. The van der Waals surface area contributed by atoms with Crippen molar-refractivity contribution in [2.24, 2.45) is 0 Å². The van der Waals surface area contributed by atoms with Crippen LogP contribution >= 0.6 is 0 Å². The number of aryl methyl sites for hydroxylation is 1. The fourth-order valence-corrected chi connectivity index (χ4v) is 3.00. The van der Waals surface area contributed by atoms with Crippen molar-refractivity contribution in [2.45, 2.75) is 26.7 Å². The second kappa shape index (κ2) is 7.97. The van der Waals surface area contributed by atoms with Gasteiger partial charge in [-0.1, -0.05) is 30.3 Å². The van der Waals surface area contributed by atoms with E-state index in [1.807, 2.05) is 73.1 Å². The average Bonchev–Trinajstić information content (AvgIpc) is 2.92. The summed E-state index contributed by atoms with van der Waals surface area (Å²) in [7, 11) is 0. The zero-order valence-electron chi connectivity index (χ0n) is 15.1. The van der Waals surface area contributed by atoms with E-state index in [-0.39, 0.29) is 18.9 Å². The highest BCUT2D eigenvalue weighted by atomic mass is 16.3. The first-order valence-corrected chi connectivity index (χ1v) is 8.68. The minimum absolute atomic E-state index is 0.0706. The van der Waals surface area contributed by atoms with Gasteiger partial charge >= 0.3 is 0 Å². The molecule has 0 atom stereocenters. The van der Waals surface area contributed by atoms with Gasteiger partial charge in [0.05, 0.1) is 17.8 Å². The Hall–Kier alpha value is -2.92. The summed E-state index contributed by atoms with van der Waals surface area (Å²) in [6.45, 7) is 4.04. The molecule has 0 fully saturated rings. The predicted octanol–water partition coefficient (Wildman–Crippen LogP) is 3.21. The molecule has 0 aliphatic carbocycles. The number of anilines is 1. The van der Waals surface area contributed by atoms with Gasteiger partial charge in [0.1, 0.15) is 0 Å². The summed E-state index contributed by atoms with van der Waals surface area (Å²) in [5.41, 5.74) is 5.56. The fourth-order valence-electron chi connectivity index (χ4n) is 3.00. The third-order valence-electron chi connectivity index (χ3n) is 4.42. The van der Waals surface area contributed by atoms with Gasteiger partial charge in [0, 0.05) is 23.6 Å². The maximum atomic E-state index is 12.5. The average molecular weight is 349 g/mol. The summed E-state index contributed by atoms with van der Waals surface area (Å²) in [6.07, 6.45) is 0.897. The van der Waals surface area contributed by atoms with E-state index in [9.17, 15) is 4.79 Å². The van der Waals surface area contributed by atoms with E-state index < -0.39 is 0 Å². The van der Waals surface area contributed by atoms with Crippen LogP contribution in [0.2, 0.25) is 0 Å². The Morgan fingerprint density at radius 3 is 2.42 bits per heavy atom.